The first-order valence-electron chi connectivity index (χ1n) is 3.41. The van der Waals surface area contributed by atoms with E-state index in [1.54, 1.807) is 0 Å². The minimum Gasteiger partial charge on any atom is -0.508 e. The van der Waals surface area contributed by atoms with Crippen molar-refractivity contribution in [3.8, 4) is 11.5 Å². The zero-order valence-electron chi connectivity index (χ0n) is 6.31. The van der Waals surface area contributed by atoms with Crippen molar-refractivity contribution in [1.29, 1.82) is 0 Å². The van der Waals surface area contributed by atoms with Crippen LogP contribution < -0.4 is 0 Å². The molecule has 0 heterocycles. The van der Waals surface area contributed by atoms with Gasteiger partial charge in [0.05, 0.1) is 0 Å². The van der Waals surface area contributed by atoms with Crippen LogP contribution in [0.5, 0.6) is 11.5 Å². The van der Waals surface area contributed by atoms with Crippen LogP contribution >= 0.6 is 0 Å². The van der Waals surface area contributed by atoms with Crippen molar-refractivity contribution < 1.29 is 15.4 Å². The van der Waals surface area contributed by atoms with E-state index in [1.165, 1.54) is 24.4 Å². The largest absolute Gasteiger partial charge is 0.508 e. The van der Waals surface area contributed by atoms with Crippen LogP contribution in [0, 0.1) is 0 Å². The number of hydrogen-bond donors (Lipinski definition) is 3. The SMILES string of the molecule is ON=CCc1cc(O)ccc1O. The van der Waals surface area contributed by atoms with E-state index in [4.69, 9.17) is 10.3 Å². The highest BCUT2D eigenvalue weighted by molar-refractivity contribution is 5.62. The van der Waals surface area contributed by atoms with Crippen molar-refractivity contribution in [2.75, 3.05) is 0 Å². The molecule has 64 valence electrons. The third kappa shape index (κ3) is 1.88. The van der Waals surface area contributed by atoms with Gasteiger partial charge in [0.15, 0.2) is 0 Å². The minimum absolute atomic E-state index is 0.0766. The first-order chi connectivity index (χ1) is 5.74. The highest BCUT2D eigenvalue weighted by Crippen LogP contribution is 2.21. The van der Waals surface area contributed by atoms with E-state index in [9.17, 15) is 5.11 Å². The van der Waals surface area contributed by atoms with Gasteiger partial charge in [0, 0.05) is 18.2 Å². The molecule has 0 aliphatic rings. The maximum atomic E-state index is 9.21. The zero-order chi connectivity index (χ0) is 8.97. The lowest BCUT2D eigenvalue weighted by Crippen LogP contribution is -1.86. The highest BCUT2D eigenvalue weighted by atomic mass is 16.4. The number of benzene rings is 1. The Hall–Kier alpha value is -1.71. The lowest BCUT2D eigenvalue weighted by Gasteiger charge is -2.00. The van der Waals surface area contributed by atoms with E-state index < -0.39 is 0 Å². The van der Waals surface area contributed by atoms with Gasteiger partial charge in [-0.15, -0.1) is 5.16 Å². The summed E-state index contributed by atoms with van der Waals surface area (Å²) in [5, 5.41) is 29.1. The standard InChI is InChI=1S/C8H9NO3/c10-7-1-2-8(11)6(5-7)3-4-9-12/h1-2,4-5,10-12H,3H2. The molecule has 3 N–H and O–H groups in total. The second kappa shape index (κ2) is 3.61. The quantitative estimate of drug-likeness (QED) is 0.267. The molecular weight excluding hydrogens is 158 g/mol. The molecule has 1 aromatic rings. The van der Waals surface area contributed by atoms with E-state index in [0.29, 0.717) is 5.56 Å². The first-order valence-corrected chi connectivity index (χ1v) is 3.41. The minimum atomic E-state index is 0.0766. The Morgan fingerprint density at radius 2 is 2.08 bits per heavy atom. The molecule has 0 spiro atoms. The third-order valence-electron chi connectivity index (χ3n) is 1.46. The fourth-order valence-corrected chi connectivity index (χ4v) is 0.875. The Labute approximate surface area is 69.4 Å². The van der Waals surface area contributed by atoms with Crippen molar-refractivity contribution >= 4 is 6.21 Å². The van der Waals surface area contributed by atoms with Gasteiger partial charge in [0.25, 0.3) is 0 Å². The molecule has 4 heteroatoms. The van der Waals surface area contributed by atoms with Crippen LogP contribution in [0.25, 0.3) is 0 Å². The maximum Gasteiger partial charge on any atom is 0.119 e. The Morgan fingerprint density at radius 3 is 2.75 bits per heavy atom. The average molecular weight is 167 g/mol. The van der Waals surface area contributed by atoms with Crippen molar-refractivity contribution in [3.63, 3.8) is 0 Å². The summed E-state index contributed by atoms with van der Waals surface area (Å²) in [5.41, 5.74) is 0.521. The summed E-state index contributed by atoms with van der Waals surface area (Å²) in [6.07, 6.45) is 1.52. The van der Waals surface area contributed by atoms with E-state index in [-0.39, 0.29) is 17.9 Å². The van der Waals surface area contributed by atoms with Crippen LogP contribution in [0.15, 0.2) is 23.4 Å². The molecule has 0 unspecified atom stereocenters. The van der Waals surface area contributed by atoms with Gasteiger partial charge >= 0.3 is 0 Å². The second-order valence-electron chi connectivity index (χ2n) is 2.32. The fraction of sp³-hybridized carbons (Fsp3) is 0.125. The van der Waals surface area contributed by atoms with Gasteiger partial charge < -0.3 is 15.4 Å². The summed E-state index contributed by atoms with van der Waals surface area (Å²) in [7, 11) is 0. The maximum absolute atomic E-state index is 9.21. The number of phenols is 2. The highest BCUT2D eigenvalue weighted by Gasteiger charge is 1.99. The van der Waals surface area contributed by atoms with Crippen LogP contribution in [-0.4, -0.2) is 21.6 Å². The van der Waals surface area contributed by atoms with Crippen LogP contribution in [-0.2, 0) is 6.42 Å². The lowest BCUT2D eigenvalue weighted by molar-refractivity contribution is 0.320. The molecule has 0 radical (unpaired) electrons. The molecule has 0 saturated heterocycles. The molecule has 12 heavy (non-hydrogen) atoms. The normalized spacial score (nSPS) is 10.7. The predicted octanol–water partition coefficient (Wildman–Crippen LogP) is 1.10. The summed E-state index contributed by atoms with van der Waals surface area (Å²) in [5.74, 6) is 0.154. The van der Waals surface area contributed by atoms with Crippen LogP contribution in [0.1, 0.15) is 5.56 Å². The molecule has 0 aromatic heterocycles. The van der Waals surface area contributed by atoms with Gasteiger partial charge in [-0.2, -0.15) is 0 Å². The molecule has 0 bridgehead atoms. The Balaban J connectivity index is 2.89. The third-order valence-corrected chi connectivity index (χ3v) is 1.46. The topological polar surface area (TPSA) is 73.1 Å². The molecule has 0 aliphatic carbocycles. The average Bonchev–Trinajstić information content (AvgIpc) is 2.07. The molecule has 0 amide bonds. The van der Waals surface area contributed by atoms with Crippen molar-refractivity contribution in [2.24, 2.45) is 5.16 Å². The van der Waals surface area contributed by atoms with Gasteiger partial charge in [-0.25, -0.2) is 0 Å². The number of oxime groups is 1. The zero-order valence-corrected chi connectivity index (χ0v) is 6.31. The Kier molecular flexibility index (Phi) is 2.53. The van der Waals surface area contributed by atoms with Gasteiger partial charge in [0.1, 0.15) is 11.5 Å². The number of hydrogen-bond acceptors (Lipinski definition) is 4. The summed E-state index contributed by atoms with van der Waals surface area (Å²) in [4.78, 5) is 0. The second-order valence-corrected chi connectivity index (χ2v) is 2.32. The number of nitrogens with zero attached hydrogens (tertiary/aromatic N) is 1. The molecule has 4 nitrogen and oxygen atoms in total. The number of aromatic hydroxyl groups is 2. The molecule has 0 atom stereocenters. The number of rotatable bonds is 2. The smallest absolute Gasteiger partial charge is 0.119 e. The van der Waals surface area contributed by atoms with Crippen molar-refractivity contribution in [1.82, 2.24) is 0 Å². The van der Waals surface area contributed by atoms with Crippen molar-refractivity contribution in [2.45, 2.75) is 6.42 Å². The molecule has 0 fully saturated rings. The summed E-state index contributed by atoms with van der Waals surface area (Å²) >= 11 is 0. The summed E-state index contributed by atoms with van der Waals surface area (Å²) in [6, 6.07) is 4.18. The molecule has 0 saturated carbocycles. The number of phenolic OH excluding ortho intramolecular Hbond substituents is 2. The lowest BCUT2D eigenvalue weighted by atomic mass is 10.1. The summed E-state index contributed by atoms with van der Waals surface area (Å²) in [6.45, 7) is 0. The monoisotopic (exact) mass is 167 g/mol. The molecule has 0 aliphatic heterocycles. The van der Waals surface area contributed by atoms with Crippen LogP contribution in [0.4, 0.5) is 0 Å². The molecular formula is C8H9NO3. The Morgan fingerprint density at radius 1 is 1.33 bits per heavy atom. The fourth-order valence-electron chi connectivity index (χ4n) is 0.875. The van der Waals surface area contributed by atoms with Crippen LogP contribution in [0.3, 0.4) is 0 Å². The van der Waals surface area contributed by atoms with E-state index in [1.807, 2.05) is 0 Å². The Bertz CT molecular complexity index is 296. The molecule has 1 rings (SSSR count). The van der Waals surface area contributed by atoms with E-state index in [2.05, 4.69) is 5.16 Å². The van der Waals surface area contributed by atoms with Gasteiger partial charge in [-0.3, -0.25) is 0 Å². The predicted molar refractivity (Wildman–Crippen MR) is 43.8 cm³/mol. The van der Waals surface area contributed by atoms with E-state index in [0.717, 1.165) is 0 Å². The van der Waals surface area contributed by atoms with Gasteiger partial charge in [0.2, 0.25) is 0 Å². The van der Waals surface area contributed by atoms with Gasteiger partial charge in [-0.05, 0) is 18.2 Å². The van der Waals surface area contributed by atoms with E-state index >= 15 is 0 Å². The van der Waals surface area contributed by atoms with Crippen molar-refractivity contribution in [3.05, 3.63) is 23.8 Å². The van der Waals surface area contributed by atoms with Crippen LogP contribution in [0.2, 0.25) is 0 Å². The first kappa shape index (κ1) is 8.39. The molecule has 1 aromatic carbocycles. The van der Waals surface area contributed by atoms with Gasteiger partial charge in [-0.1, -0.05) is 0 Å². The summed E-state index contributed by atoms with van der Waals surface area (Å²) < 4.78 is 0.